The number of rotatable bonds is 3. The van der Waals surface area contributed by atoms with Crippen LogP contribution in [0.4, 0.5) is 4.39 Å². The standard InChI is InChI=1S/C14H18FN3O3S/c1-10(15)22(20,21)17-8-6-11(7-9-17)18-13-5-3-2-4-12(13)16-14(18)19/h2-5,10-11H,6-9H2,1H3,(H,16,19). The Balaban J connectivity index is 1.85. The van der Waals surface area contributed by atoms with Gasteiger partial charge in [-0.1, -0.05) is 12.1 Å². The average Bonchev–Trinajstić information content (AvgIpc) is 2.83. The van der Waals surface area contributed by atoms with Gasteiger partial charge in [0, 0.05) is 19.1 Å². The second kappa shape index (κ2) is 5.51. The smallest absolute Gasteiger partial charge is 0.306 e. The molecule has 0 bridgehead atoms. The van der Waals surface area contributed by atoms with Gasteiger partial charge in [0.2, 0.25) is 15.5 Å². The summed E-state index contributed by atoms with van der Waals surface area (Å²) in [6.45, 7) is 1.49. The quantitative estimate of drug-likeness (QED) is 0.930. The molecular formula is C14H18FN3O3S. The van der Waals surface area contributed by atoms with Crippen LogP contribution < -0.4 is 5.69 Å². The number of para-hydroxylation sites is 2. The summed E-state index contributed by atoms with van der Waals surface area (Å²) < 4.78 is 39.7. The zero-order valence-corrected chi connectivity index (χ0v) is 13.0. The summed E-state index contributed by atoms with van der Waals surface area (Å²) in [5.41, 5.74) is -0.520. The van der Waals surface area contributed by atoms with Crippen molar-refractivity contribution in [1.82, 2.24) is 13.9 Å². The van der Waals surface area contributed by atoms with Gasteiger partial charge in [-0.2, -0.15) is 4.31 Å². The Morgan fingerprint density at radius 1 is 1.27 bits per heavy atom. The lowest BCUT2D eigenvalue weighted by atomic mass is 10.1. The van der Waals surface area contributed by atoms with Gasteiger partial charge in [-0.05, 0) is 31.9 Å². The normalized spacial score (nSPS) is 19.5. The molecule has 0 saturated carbocycles. The van der Waals surface area contributed by atoms with E-state index in [2.05, 4.69) is 4.98 Å². The van der Waals surface area contributed by atoms with E-state index < -0.39 is 15.5 Å². The Bertz CT molecular complexity index is 832. The molecule has 0 spiro atoms. The zero-order valence-electron chi connectivity index (χ0n) is 12.2. The number of fused-ring (bicyclic) bond motifs is 1. The number of sulfonamides is 1. The van der Waals surface area contributed by atoms with Crippen molar-refractivity contribution in [3.63, 3.8) is 0 Å². The highest BCUT2D eigenvalue weighted by molar-refractivity contribution is 7.89. The topological polar surface area (TPSA) is 75.2 Å². The fourth-order valence-corrected chi connectivity index (χ4v) is 4.13. The molecule has 1 aliphatic rings. The minimum Gasteiger partial charge on any atom is -0.306 e. The maximum atomic E-state index is 13.2. The molecule has 1 fully saturated rings. The maximum absolute atomic E-state index is 13.2. The summed E-state index contributed by atoms with van der Waals surface area (Å²) >= 11 is 0. The number of nitrogens with zero attached hydrogens (tertiary/aromatic N) is 2. The van der Waals surface area contributed by atoms with Crippen molar-refractivity contribution >= 4 is 21.1 Å². The molecule has 0 radical (unpaired) electrons. The van der Waals surface area contributed by atoms with Crippen LogP contribution in [0.3, 0.4) is 0 Å². The van der Waals surface area contributed by atoms with Gasteiger partial charge in [0.1, 0.15) is 0 Å². The van der Waals surface area contributed by atoms with Gasteiger partial charge >= 0.3 is 5.69 Å². The van der Waals surface area contributed by atoms with E-state index in [4.69, 9.17) is 0 Å². The van der Waals surface area contributed by atoms with E-state index in [0.717, 1.165) is 18.0 Å². The Kier molecular flexibility index (Phi) is 3.82. The first-order valence-electron chi connectivity index (χ1n) is 7.23. The van der Waals surface area contributed by atoms with E-state index in [1.54, 1.807) is 4.57 Å². The van der Waals surface area contributed by atoms with Gasteiger partial charge in [0.05, 0.1) is 11.0 Å². The number of H-pyrrole nitrogens is 1. The molecular weight excluding hydrogens is 309 g/mol. The Labute approximate surface area is 127 Å². The van der Waals surface area contributed by atoms with Crippen LogP contribution in [0.2, 0.25) is 0 Å². The SMILES string of the molecule is CC(F)S(=O)(=O)N1CCC(n2c(=O)[nH]c3ccccc32)CC1. The molecule has 1 aromatic heterocycles. The summed E-state index contributed by atoms with van der Waals surface area (Å²) in [5.74, 6) is 0. The molecule has 1 saturated heterocycles. The van der Waals surface area contributed by atoms with E-state index in [0.29, 0.717) is 12.8 Å². The van der Waals surface area contributed by atoms with Crippen LogP contribution in [0.25, 0.3) is 11.0 Å². The first-order valence-corrected chi connectivity index (χ1v) is 8.74. The average molecular weight is 327 g/mol. The third-order valence-corrected chi connectivity index (χ3v) is 6.09. The Morgan fingerprint density at radius 3 is 2.55 bits per heavy atom. The van der Waals surface area contributed by atoms with Gasteiger partial charge in [0.15, 0.2) is 0 Å². The highest BCUT2D eigenvalue weighted by Crippen LogP contribution is 2.27. The number of aromatic nitrogens is 2. The van der Waals surface area contributed by atoms with Gasteiger partial charge < -0.3 is 4.98 Å². The molecule has 1 aliphatic heterocycles. The summed E-state index contributed by atoms with van der Waals surface area (Å²) in [6.07, 6.45) is 0.988. The van der Waals surface area contributed by atoms with E-state index in [-0.39, 0.29) is 24.8 Å². The number of piperidine rings is 1. The second-order valence-electron chi connectivity index (χ2n) is 5.54. The third kappa shape index (κ3) is 2.46. The lowest BCUT2D eigenvalue weighted by molar-refractivity contribution is 0.265. The molecule has 2 heterocycles. The van der Waals surface area contributed by atoms with Crippen LogP contribution in [0.1, 0.15) is 25.8 Å². The molecule has 1 aromatic carbocycles. The number of alkyl halides is 1. The van der Waals surface area contributed by atoms with Crippen molar-refractivity contribution in [2.45, 2.75) is 31.3 Å². The number of aromatic amines is 1. The predicted molar refractivity (Wildman–Crippen MR) is 81.9 cm³/mol. The molecule has 2 aromatic rings. The number of nitrogens with one attached hydrogen (secondary N) is 1. The number of halogens is 1. The van der Waals surface area contributed by atoms with Crippen LogP contribution in [0, 0.1) is 0 Å². The highest BCUT2D eigenvalue weighted by Gasteiger charge is 2.33. The fourth-order valence-electron chi connectivity index (χ4n) is 3.00. The van der Waals surface area contributed by atoms with Crippen molar-refractivity contribution < 1.29 is 12.8 Å². The maximum Gasteiger partial charge on any atom is 0.326 e. The first kappa shape index (κ1) is 15.2. The minimum absolute atomic E-state index is 0.0787. The van der Waals surface area contributed by atoms with E-state index >= 15 is 0 Å². The molecule has 120 valence electrons. The van der Waals surface area contributed by atoms with Gasteiger partial charge in [-0.3, -0.25) is 4.57 Å². The summed E-state index contributed by atoms with van der Waals surface area (Å²) in [6, 6.07) is 7.32. The van der Waals surface area contributed by atoms with Crippen LogP contribution in [0.5, 0.6) is 0 Å². The summed E-state index contributed by atoms with van der Waals surface area (Å²) in [5, 5.41) is 0. The van der Waals surface area contributed by atoms with Crippen LogP contribution in [-0.4, -0.2) is 40.9 Å². The number of hydrogen-bond donors (Lipinski definition) is 1. The molecule has 0 aliphatic carbocycles. The minimum atomic E-state index is -3.87. The van der Waals surface area contributed by atoms with Crippen molar-refractivity contribution in [3.8, 4) is 0 Å². The number of imidazole rings is 1. The van der Waals surface area contributed by atoms with Crippen molar-refractivity contribution in [1.29, 1.82) is 0 Å². The molecule has 1 unspecified atom stereocenters. The van der Waals surface area contributed by atoms with Crippen LogP contribution in [-0.2, 0) is 10.0 Å². The van der Waals surface area contributed by atoms with Crippen LogP contribution in [0.15, 0.2) is 29.1 Å². The zero-order chi connectivity index (χ0) is 15.9. The van der Waals surface area contributed by atoms with Gasteiger partial charge in [-0.25, -0.2) is 17.6 Å². The monoisotopic (exact) mass is 327 g/mol. The molecule has 22 heavy (non-hydrogen) atoms. The Morgan fingerprint density at radius 2 is 1.91 bits per heavy atom. The largest absolute Gasteiger partial charge is 0.326 e. The van der Waals surface area contributed by atoms with Gasteiger partial charge in [-0.15, -0.1) is 0 Å². The van der Waals surface area contributed by atoms with E-state index in [1.165, 1.54) is 4.31 Å². The molecule has 3 rings (SSSR count). The fraction of sp³-hybridized carbons (Fsp3) is 0.500. The first-order chi connectivity index (χ1) is 10.4. The highest BCUT2D eigenvalue weighted by atomic mass is 32.2. The second-order valence-corrected chi connectivity index (χ2v) is 7.73. The van der Waals surface area contributed by atoms with Crippen molar-refractivity contribution in [3.05, 3.63) is 34.7 Å². The van der Waals surface area contributed by atoms with Gasteiger partial charge in [0.25, 0.3) is 0 Å². The van der Waals surface area contributed by atoms with Crippen molar-refractivity contribution in [2.24, 2.45) is 0 Å². The Hall–Kier alpha value is -1.67. The molecule has 1 atom stereocenters. The summed E-state index contributed by atoms with van der Waals surface area (Å²) in [4.78, 5) is 14.9. The molecule has 6 nitrogen and oxygen atoms in total. The number of hydrogen-bond acceptors (Lipinski definition) is 3. The van der Waals surface area contributed by atoms with Crippen LogP contribution >= 0.6 is 0 Å². The van der Waals surface area contributed by atoms with E-state index in [9.17, 15) is 17.6 Å². The lowest BCUT2D eigenvalue weighted by Gasteiger charge is -2.32. The third-order valence-electron chi connectivity index (χ3n) is 4.18. The predicted octanol–water partition coefficient (Wildman–Crippen LogP) is 1.61. The van der Waals surface area contributed by atoms with E-state index in [1.807, 2.05) is 24.3 Å². The summed E-state index contributed by atoms with van der Waals surface area (Å²) in [7, 11) is -3.87. The number of benzene rings is 1. The molecule has 1 N–H and O–H groups in total. The molecule has 0 amide bonds. The molecule has 8 heteroatoms. The van der Waals surface area contributed by atoms with Crippen molar-refractivity contribution in [2.75, 3.05) is 13.1 Å². The lowest BCUT2D eigenvalue weighted by Crippen LogP contribution is -2.42.